The normalized spacial score (nSPS) is 20.3. The summed E-state index contributed by atoms with van der Waals surface area (Å²) < 4.78 is 12.6. The number of carbonyl (C=O) groups is 2. The number of nitrogens with zero attached hydrogens (tertiary/aromatic N) is 3. The van der Waals surface area contributed by atoms with Crippen LogP contribution in [-0.2, 0) is 27.2 Å². The van der Waals surface area contributed by atoms with Crippen LogP contribution in [0.4, 0.5) is 0 Å². The first-order chi connectivity index (χ1) is 16.5. The van der Waals surface area contributed by atoms with Crippen molar-refractivity contribution in [2.45, 2.75) is 64.0 Å². The fraction of sp³-hybridized carbons (Fsp3) is 0.667. The Morgan fingerprint density at radius 2 is 1.91 bits per heavy atom. The third kappa shape index (κ3) is 4.38. The van der Waals surface area contributed by atoms with Gasteiger partial charge in [-0.3, -0.25) is 19.1 Å². The van der Waals surface area contributed by atoms with Crippen molar-refractivity contribution >= 4 is 33.4 Å². The molecule has 0 spiro atoms. The summed E-state index contributed by atoms with van der Waals surface area (Å²) in [5.41, 5.74) is 0.445. The summed E-state index contributed by atoms with van der Waals surface area (Å²) in [6, 6.07) is 0. The number of hydrogen-bond donors (Lipinski definition) is 1. The molecule has 10 heteroatoms. The van der Waals surface area contributed by atoms with Gasteiger partial charge in [-0.25, -0.2) is 9.78 Å². The third-order valence-electron chi connectivity index (χ3n) is 7.51. The molecule has 1 amide bonds. The lowest BCUT2D eigenvalue weighted by molar-refractivity contribution is -0.125. The standard InChI is InChI=1S/C24H32N4O5S/c1-16-19-21(26-17-6-5-9-28(17)22(19)30)34-20(16)23(31)33-14-18(29)25-15-24(7-3-2-4-8-24)27-10-12-32-13-11-27/h2-15H2,1H3,(H,25,29). The van der Waals surface area contributed by atoms with Crippen molar-refractivity contribution in [1.82, 2.24) is 19.8 Å². The molecular formula is C24H32N4O5S. The number of morpholine rings is 1. The number of carbonyl (C=O) groups excluding carboxylic acids is 2. The summed E-state index contributed by atoms with van der Waals surface area (Å²) in [7, 11) is 0. The number of aryl methyl sites for hydroxylation is 2. The van der Waals surface area contributed by atoms with E-state index in [9.17, 15) is 14.4 Å². The second kappa shape index (κ2) is 9.75. The fourth-order valence-electron chi connectivity index (χ4n) is 5.63. The number of hydrogen-bond acceptors (Lipinski definition) is 8. The van der Waals surface area contributed by atoms with Gasteiger partial charge in [0.1, 0.15) is 15.5 Å². The predicted molar refractivity (Wildman–Crippen MR) is 128 cm³/mol. The van der Waals surface area contributed by atoms with Gasteiger partial charge in [0.2, 0.25) is 0 Å². The summed E-state index contributed by atoms with van der Waals surface area (Å²) in [5, 5.41) is 3.50. The number of ether oxygens (including phenoxy) is 2. The Kier molecular flexibility index (Phi) is 6.72. The van der Waals surface area contributed by atoms with E-state index >= 15 is 0 Å². The van der Waals surface area contributed by atoms with E-state index < -0.39 is 5.97 Å². The van der Waals surface area contributed by atoms with Crippen LogP contribution in [0, 0.1) is 6.92 Å². The van der Waals surface area contributed by atoms with Crippen LogP contribution in [-0.4, -0.2) is 71.3 Å². The minimum absolute atomic E-state index is 0.0436. The zero-order valence-corrected chi connectivity index (χ0v) is 20.5. The van der Waals surface area contributed by atoms with Crippen molar-refractivity contribution in [2.24, 2.45) is 0 Å². The van der Waals surface area contributed by atoms with Gasteiger partial charge in [-0.05, 0) is 31.7 Å². The minimum atomic E-state index is -0.583. The molecule has 3 aliphatic rings. The molecule has 1 N–H and O–H groups in total. The number of aromatic nitrogens is 2. The third-order valence-corrected chi connectivity index (χ3v) is 8.68. The second-order valence-corrected chi connectivity index (χ2v) is 10.6. The smallest absolute Gasteiger partial charge is 0.349 e. The molecule has 1 saturated heterocycles. The van der Waals surface area contributed by atoms with Crippen LogP contribution < -0.4 is 10.9 Å². The van der Waals surface area contributed by atoms with E-state index in [0.29, 0.717) is 33.7 Å². The molecule has 34 heavy (non-hydrogen) atoms. The Morgan fingerprint density at radius 1 is 1.15 bits per heavy atom. The molecule has 0 unspecified atom stereocenters. The van der Waals surface area contributed by atoms with Crippen LogP contribution in [0.5, 0.6) is 0 Å². The van der Waals surface area contributed by atoms with Crippen LogP contribution in [0.25, 0.3) is 10.2 Å². The monoisotopic (exact) mass is 488 g/mol. The maximum Gasteiger partial charge on any atom is 0.349 e. The Hall–Kier alpha value is -2.30. The topological polar surface area (TPSA) is 103 Å². The van der Waals surface area contributed by atoms with Gasteiger partial charge in [0.25, 0.3) is 11.5 Å². The molecule has 0 atom stereocenters. The second-order valence-electron chi connectivity index (χ2n) is 9.56. The van der Waals surface area contributed by atoms with Gasteiger partial charge in [0.15, 0.2) is 6.61 Å². The number of thiophene rings is 1. The Balaban J connectivity index is 1.22. The molecule has 2 aromatic rings. The van der Waals surface area contributed by atoms with Gasteiger partial charge >= 0.3 is 5.97 Å². The number of amides is 1. The van der Waals surface area contributed by atoms with Gasteiger partial charge in [-0.2, -0.15) is 0 Å². The molecule has 0 aromatic carbocycles. The van der Waals surface area contributed by atoms with Crippen molar-refractivity contribution in [3.63, 3.8) is 0 Å². The van der Waals surface area contributed by atoms with Crippen LogP contribution in [0.1, 0.15) is 59.6 Å². The Labute approximate surface area is 202 Å². The first-order valence-corrected chi connectivity index (χ1v) is 13.1. The highest BCUT2D eigenvalue weighted by atomic mass is 32.1. The van der Waals surface area contributed by atoms with Gasteiger partial charge in [-0.15, -0.1) is 11.3 Å². The van der Waals surface area contributed by atoms with Gasteiger partial charge < -0.3 is 14.8 Å². The molecular weight excluding hydrogens is 456 g/mol. The van der Waals surface area contributed by atoms with Crippen molar-refractivity contribution in [2.75, 3.05) is 39.5 Å². The Bertz CT molecular complexity index is 1140. The molecule has 2 aliphatic heterocycles. The first-order valence-electron chi connectivity index (χ1n) is 12.3. The molecule has 0 bridgehead atoms. The van der Waals surface area contributed by atoms with Crippen molar-refractivity contribution < 1.29 is 19.1 Å². The molecule has 2 fully saturated rings. The molecule has 4 heterocycles. The highest BCUT2D eigenvalue weighted by Crippen LogP contribution is 2.34. The van der Waals surface area contributed by atoms with E-state index in [0.717, 1.165) is 70.7 Å². The summed E-state index contributed by atoms with van der Waals surface area (Å²) in [6.07, 6.45) is 7.34. The van der Waals surface area contributed by atoms with E-state index in [1.54, 1.807) is 11.5 Å². The van der Waals surface area contributed by atoms with Crippen molar-refractivity contribution in [3.8, 4) is 0 Å². The summed E-state index contributed by atoms with van der Waals surface area (Å²) in [6.45, 7) is 5.84. The number of nitrogens with one attached hydrogen (secondary N) is 1. The van der Waals surface area contributed by atoms with Gasteiger partial charge in [-0.1, -0.05) is 19.3 Å². The zero-order valence-electron chi connectivity index (χ0n) is 19.7. The molecule has 9 nitrogen and oxygen atoms in total. The van der Waals surface area contributed by atoms with E-state index in [4.69, 9.17) is 9.47 Å². The zero-order chi connectivity index (χ0) is 23.7. The van der Waals surface area contributed by atoms with E-state index in [-0.39, 0.29) is 23.6 Å². The quantitative estimate of drug-likeness (QED) is 0.621. The number of esters is 1. The van der Waals surface area contributed by atoms with E-state index in [1.807, 2.05) is 0 Å². The lowest BCUT2D eigenvalue weighted by atomic mass is 9.79. The molecule has 2 aromatic heterocycles. The summed E-state index contributed by atoms with van der Waals surface area (Å²) in [5.74, 6) is -0.113. The van der Waals surface area contributed by atoms with Crippen LogP contribution >= 0.6 is 11.3 Å². The number of rotatable bonds is 6. The van der Waals surface area contributed by atoms with E-state index in [2.05, 4.69) is 15.2 Å². The van der Waals surface area contributed by atoms with Crippen molar-refractivity contribution in [3.05, 3.63) is 26.6 Å². The molecule has 184 valence electrons. The van der Waals surface area contributed by atoms with Gasteiger partial charge in [0, 0.05) is 38.1 Å². The van der Waals surface area contributed by atoms with Gasteiger partial charge in [0.05, 0.1) is 18.6 Å². The SMILES string of the molecule is Cc1c(C(=O)OCC(=O)NCC2(N3CCOCC3)CCCCC2)sc2nc3n(c(=O)c12)CCC3. The van der Waals surface area contributed by atoms with Crippen molar-refractivity contribution in [1.29, 1.82) is 0 Å². The highest BCUT2D eigenvalue weighted by molar-refractivity contribution is 7.20. The molecule has 1 aliphatic carbocycles. The summed E-state index contributed by atoms with van der Waals surface area (Å²) >= 11 is 1.17. The molecule has 0 radical (unpaired) electrons. The summed E-state index contributed by atoms with van der Waals surface area (Å²) in [4.78, 5) is 46.2. The number of fused-ring (bicyclic) bond motifs is 2. The predicted octanol–water partition coefficient (Wildman–Crippen LogP) is 2.02. The van der Waals surface area contributed by atoms with Crippen LogP contribution in [0.2, 0.25) is 0 Å². The van der Waals surface area contributed by atoms with Crippen LogP contribution in [0.3, 0.4) is 0 Å². The first kappa shape index (κ1) is 23.4. The maximum atomic E-state index is 12.8. The Morgan fingerprint density at radius 3 is 2.68 bits per heavy atom. The average molecular weight is 489 g/mol. The lowest BCUT2D eigenvalue weighted by Gasteiger charge is -2.48. The average Bonchev–Trinajstić information content (AvgIpc) is 3.47. The van der Waals surface area contributed by atoms with E-state index in [1.165, 1.54) is 17.8 Å². The highest BCUT2D eigenvalue weighted by Gasteiger charge is 2.38. The largest absolute Gasteiger partial charge is 0.451 e. The lowest BCUT2D eigenvalue weighted by Crippen LogP contribution is -2.59. The molecule has 1 saturated carbocycles. The van der Waals surface area contributed by atoms with Crippen LogP contribution in [0.15, 0.2) is 4.79 Å². The maximum absolute atomic E-state index is 12.8. The fourth-order valence-corrected chi connectivity index (χ4v) is 6.72. The minimum Gasteiger partial charge on any atom is -0.451 e. The molecule has 5 rings (SSSR count).